The Balaban J connectivity index is 2.39. The summed E-state index contributed by atoms with van der Waals surface area (Å²) < 4.78 is 5.70. The molecule has 2 nitrogen and oxygen atoms in total. The maximum Gasteiger partial charge on any atom is 0.159 e. The van der Waals surface area contributed by atoms with Crippen LogP contribution in [0.15, 0.2) is 29.8 Å². The van der Waals surface area contributed by atoms with Crippen LogP contribution in [0.3, 0.4) is 0 Å². The second-order valence-electron chi connectivity index (χ2n) is 4.41. The van der Waals surface area contributed by atoms with E-state index in [9.17, 15) is 4.79 Å². The van der Waals surface area contributed by atoms with Gasteiger partial charge in [0.25, 0.3) is 0 Å². The van der Waals surface area contributed by atoms with Gasteiger partial charge in [0.2, 0.25) is 0 Å². The number of carbonyl (C=O) groups excluding carboxylic acids is 1. The summed E-state index contributed by atoms with van der Waals surface area (Å²) in [6, 6.07) is 8.09. The van der Waals surface area contributed by atoms with Crippen molar-refractivity contribution >= 4 is 11.5 Å². The summed E-state index contributed by atoms with van der Waals surface area (Å²) in [5, 5.41) is 0. The predicted molar refractivity (Wildman–Crippen MR) is 68.4 cm³/mol. The molecule has 90 valence electrons. The molecule has 1 aromatic carbocycles. The van der Waals surface area contributed by atoms with Crippen LogP contribution in [0.5, 0.6) is 0 Å². The number of ether oxygens (including phenoxy) is 1. The van der Waals surface area contributed by atoms with E-state index in [1.807, 2.05) is 18.2 Å². The van der Waals surface area contributed by atoms with Crippen LogP contribution in [-0.2, 0) is 16.1 Å². The lowest BCUT2D eigenvalue weighted by atomic mass is 9.99. The molecule has 0 aliphatic carbocycles. The Morgan fingerprint density at radius 1 is 1.35 bits per heavy atom. The third-order valence-corrected chi connectivity index (χ3v) is 3.11. The summed E-state index contributed by atoms with van der Waals surface area (Å²) in [5.41, 5.74) is 3.11. The molecule has 1 heterocycles. The van der Waals surface area contributed by atoms with Crippen LogP contribution in [0.4, 0.5) is 0 Å². The van der Waals surface area contributed by atoms with Gasteiger partial charge in [0.15, 0.2) is 5.78 Å². The SMILES string of the molecule is CCCC/C(C(C)=O)=C1/OCc2ccccc21. The van der Waals surface area contributed by atoms with Crippen molar-refractivity contribution in [2.45, 2.75) is 39.7 Å². The molecule has 0 N–H and O–H groups in total. The molecule has 2 rings (SSSR count). The van der Waals surface area contributed by atoms with Gasteiger partial charge >= 0.3 is 0 Å². The molecule has 0 saturated carbocycles. The van der Waals surface area contributed by atoms with E-state index in [-0.39, 0.29) is 5.78 Å². The van der Waals surface area contributed by atoms with Gasteiger partial charge in [0.1, 0.15) is 12.4 Å². The van der Waals surface area contributed by atoms with Gasteiger partial charge in [-0.1, -0.05) is 37.6 Å². The second-order valence-corrected chi connectivity index (χ2v) is 4.41. The molecule has 2 heteroatoms. The van der Waals surface area contributed by atoms with E-state index in [0.29, 0.717) is 6.61 Å². The summed E-state index contributed by atoms with van der Waals surface area (Å²) in [6.45, 7) is 4.35. The second kappa shape index (κ2) is 5.17. The zero-order chi connectivity index (χ0) is 12.3. The predicted octanol–water partition coefficient (Wildman–Crippen LogP) is 3.71. The van der Waals surface area contributed by atoms with Gasteiger partial charge in [-0.2, -0.15) is 0 Å². The fraction of sp³-hybridized carbons (Fsp3) is 0.400. The number of fused-ring (bicyclic) bond motifs is 1. The molecule has 0 unspecified atom stereocenters. The molecule has 17 heavy (non-hydrogen) atoms. The van der Waals surface area contributed by atoms with Crippen molar-refractivity contribution in [1.29, 1.82) is 0 Å². The third kappa shape index (κ3) is 2.41. The Morgan fingerprint density at radius 2 is 2.12 bits per heavy atom. The number of carbonyl (C=O) groups is 1. The number of hydrogen-bond donors (Lipinski definition) is 0. The quantitative estimate of drug-likeness (QED) is 0.737. The molecule has 0 bridgehead atoms. The van der Waals surface area contributed by atoms with E-state index in [1.54, 1.807) is 6.92 Å². The largest absolute Gasteiger partial charge is 0.488 e. The molecule has 1 aromatic rings. The molecular formula is C15H18O2. The van der Waals surface area contributed by atoms with Gasteiger partial charge < -0.3 is 4.74 Å². The molecule has 0 aromatic heterocycles. The first kappa shape index (κ1) is 11.9. The first-order chi connectivity index (χ1) is 8.24. The Hall–Kier alpha value is -1.57. The number of hydrogen-bond acceptors (Lipinski definition) is 2. The van der Waals surface area contributed by atoms with E-state index in [0.717, 1.165) is 36.2 Å². The van der Waals surface area contributed by atoms with Crippen molar-refractivity contribution in [2.75, 3.05) is 0 Å². The summed E-state index contributed by atoms with van der Waals surface area (Å²) in [7, 11) is 0. The maximum atomic E-state index is 11.7. The zero-order valence-corrected chi connectivity index (χ0v) is 10.5. The average Bonchev–Trinajstić information content (AvgIpc) is 2.73. The molecule has 0 amide bonds. The summed E-state index contributed by atoms with van der Waals surface area (Å²) in [5.74, 6) is 0.937. The molecule has 1 aliphatic heterocycles. The van der Waals surface area contributed by atoms with Gasteiger partial charge in [-0.25, -0.2) is 0 Å². The highest BCUT2D eigenvalue weighted by molar-refractivity contribution is 6.00. The van der Waals surface area contributed by atoms with Crippen LogP contribution < -0.4 is 0 Å². The van der Waals surface area contributed by atoms with E-state index in [4.69, 9.17) is 4.74 Å². The van der Waals surface area contributed by atoms with E-state index in [2.05, 4.69) is 13.0 Å². The highest BCUT2D eigenvalue weighted by Crippen LogP contribution is 2.33. The Labute approximate surface area is 102 Å². The minimum Gasteiger partial charge on any atom is -0.488 e. The molecule has 0 spiro atoms. The van der Waals surface area contributed by atoms with Gasteiger partial charge in [0, 0.05) is 16.7 Å². The van der Waals surface area contributed by atoms with Gasteiger partial charge in [-0.05, 0) is 19.8 Å². The highest BCUT2D eigenvalue weighted by Gasteiger charge is 2.22. The van der Waals surface area contributed by atoms with Crippen LogP contribution >= 0.6 is 0 Å². The van der Waals surface area contributed by atoms with Crippen molar-refractivity contribution in [3.8, 4) is 0 Å². The number of rotatable bonds is 4. The van der Waals surface area contributed by atoms with E-state index in [1.165, 1.54) is 5.56 Å². The first-order valence-electron chi connectivity index (χ1n) is 6.19. The lowest BCUT2D eigenvalue weighted by Gasteiger charge is -2.08. The van der Waals surface area contributed by atoms with E-state index >= 15 is 0 Å². The normalized spacial score (nSPS) is 16.4. The summed E-state index contributed by atoms with van der Waals surface area (Å²) in [4.78, 5) is 11.7. The van der Waals surface area contributed by atoms with Crippen LogP contribution in [0.1, 0.15) is 44.2 Å². The third-order valence-electron chi connectivity index (χ3n) is 3.11. The molecule has 0 saturated heterocycles. The van der Waals surface area contributed by atoms with E-state index < -0.39 is 0 Å². The van der Waals surface area contributed by atoms with Crippen LogP contribution in [-0.4, -0.2) is 5.78 Å². The fourth-order valence-electron chi connectivity index (χ4n) is 2.15. The molecule has 1 aliphatic rings. The highest BCUT2D eigenvalue weighted by atomic mass is 16.5. The number of unbranched alkanes of at least 4 members (excludes halogenated alkanes) is 1. The van der Waals surface area contributed by atoms with Crippen molar-refractivity contribution in [3.63, 3.8) is 0 Å². The van der Waals surface area contributed by atoms with Crippen molar-refractivity contribution in [3.05, 3.63) is 41.0 Å². The van der Waals surface area contributed by atoms with Gasteiger partial charge in [-0.15, -0.1) is 0 Å². The Kier molecular flexibility index (Phi) is 3.62. The minimum atomic E-state index is 0.130. The monoisotopic (exact) mass is 230 g/mol. The summed E-state index contributed by atoms with van der Waals surface area (Å²) >= 11 is 0. The van der Waals surface area contributed by atoms with Crippen molar-refractivity contribution in [1.82, 2.24) is 0 Å². The minimum absolute atomic E-state index is 0.130. The van der Waals surface area contributed by atoms with Crippen molar-refractivity contribution < 1.29 is 9.53 Å². The lowest BCUT2D eigenvalue weighted by Crippen LogP contribution is -2.01. The smallest absolute Gasteiger partial charge is 0.159 e. The molecule has 0 atom stereocenters. The lowest BCUT2D eigenvalue weighted by molar-refractivity contribution is -0.113. The van der Waals surface area contributed by atoms with Crippen molar-refractivity contribution in [2.24, 2.45) is 0 Å². The van der Waals surface area contributed by atoms with Crippen LogP contribution in [0.2, 0.25) is 0 Å². The number of ketones is 1. The Morgan fingerprint density at radius 3 is 2.82 bits per heavy atom. The first-order valence-corrected chi connectivity index (χ1v) is 6.19. The maximum absolute atomic E-state index is 11.7. The van der Waals surface area contributed by atoms with Crippen LogP contribution in [0.25, 0.3) is 5.76 Å². The summed E-state index contributed by atoms with van der Waals surface area (Å²) in [6.07, 6.45) is 2.94. The van der Waals surface area contributed by atoms with Gasteiger partial charge in [-0.3, -0.25) is 4.79 Å². The fourth-order valence-corrected chi connectivity index (χ4v) is 2.15. The topological polar surface area (TPSA) is 26.3 Å². The molecule has 0 radical (unpaired) electrons. The standard InChI is InChI=1S/C15H18O2/c1-3-4-8-13(11(2)16)15-14-9-6-5-7-12(14)10-17-15/h5-7,9H,3-4,8,10H2,1-2H3/b15-13-. The average molecular weight is 230 g/mol. The Bertz CT molecular complexity index is 458. The zero-order valence-electron chi connectivity index (χ0n) is 10.5. The number of allylic oxidation sites excluding steroid dienone is 1. The molecule has 0 fully saturated rings. The van der Waals surface area contributed by atoms with Crippen LogP contribution in [0, 0.1) is 0 Å². The number of Topliss-reactive ketones (excluding diaryl/α,β-unsaturated/α-hetero) is 1. The molecular weight excluding hydrogens is 212 g/mol. The van der Waals surface area contributed by atoms with Gasteiger partial charge in [0.05, 0.1) is 0 Å². The number of benzene rings is 1.